The fourth-order valence-electron chi connectivity index (χ4n) is 2.23. The van der Waals surface area contributed by atoms with Crippen molar-refractivity contribution in [2.75, 3.05) is 7.11 Å². The lowest BCUT2D eigenvalue weighted by Crippen LogP contribution is -2.52. The first-order chi connectivity index (χ1) is 5.69. The molecule has 0 aliphatic carbocycles. The maximum Gasteiger partial charge on any atom is 0.143 e. The van der Waals surface area contributed by atoms with Gasteiger partial charge in [0.1, 0.15) is 7.85 Å². The third kappa shape index (κ3) is 1.17. The summed E-state index contributed by atoms with van der Waals surface area (Å²) in [5, 5.41) is 0. The van der Waals surface area contributed by atoms with Gasteiger partial charge in [-0.25, -0.2) is 0 Å². The second-order valence-corrected chi connectivity index (χ2v) is 5.21. The standard InChI is InChI=1S/C10H21BO2/c1-7-9(4,12-6)8(2,3)10(5,11)13-7/h7H,11H2,1-6H3. The maximum atomic E-state index is 5.95. The van der Waals surface area contributed by atoms with E-state index < -0.39 is 0 Å². The summed E-state index contributed by atoms with van der Waals surface area (Å²) in [6, 6.07) is 0. The minimum atomic E-state index is -0.198. The van der Waals surface area contributed by atoms with Crippen LogP contribution >= 0.6 is 0 Å². The Kier molecular flexibility index (Phi) is 2.33. The van der Waals surface area contributed by atoms with E-state index in [0.717, 1.165) is 0 Å². The molecule has 0 aromatic heterocycles. The van der Waals surface area contributed by atoms with Crippen molar-refractivity contribution in [3.05, 3.63) is 0 Å². The van der Waals surface area contributed by atoms with E-state index in [4.69, 9.17) is 9.47 Å². The number of ether oxygens (including phenoxy) is 2. The Morgan fingerprint density at radius 3 is 1.85 bits per heavy atom. The number of hydrogen-bond acceptors (Lipinski definition) is 2. The fourth-order valence-corrected chi connectivity index (χ4v) is 2.23. The monoisotopic (exact) mass is 184 g/mol. The van der Waals surface area contributed by atoms with Gasteiger partial charge in [0.25, 0.3) is 0 Å². The molecule has 1 aliphatic heterocycles. The average Bonchev–Trinajstić information content (AvgIpc) is 2.10. The summed E-state index contributed by atoms with van der Waals surface area (Å²) < 4.78 is 11.6. The van der Waals surface area contributed by atoms with Crippen molar-refractivity contribution in [1.82, 2.24) is 0 Å². The van der Waals surface area contributed by atoms with E-state index in [2.05, 4.69) is 42.5 Å². The lowest BCUT2D eigenvalue weighted by molar-refractivity contribution is -0.0849. The van der Waals surface area contributed by atoms with Crippen LogP contribution in [-0.4, -0.2) is 32.2 Å². The summed E-state index contributed by atoms with van der Waals surface area (Å²) in [5.74, 6) is 0. The third-order valence-corrected chi connectivity index (χ3v) is 4.42. The molecule has 76 valence electrons. The van der Waals surface area contributed by atoms with Crippen LogP contribution in [0.4, 0.5) is 0 Å². The van der Waals surface area contributed by atoms with Crippen LogP contribution in [0.15, 0.2) is 0 Å². The van der Waals surface area contributed by atoms with E-state index in [1.807, 2.05) is 0 Å². The molecule has 0 saturated carbocycles. The molecule has 0 N–H and O–H groups in total. The van der Waals surface area contributed by atoms with Crippen LogP contribution in [0.1, 0.15) is 34.6 Å². The molecule has 2 nitrogen and oxygen atoms in total. The quantitative estimate of drug-likeness (QED) is 0.570. The molecule has 13 heavy (non-hydrogen) atoms. The van der Waals surface area contributed by atoms with E-state index >= 15 is 0 Å². The van der Waals surface area contributed by atoms with Gasteiger partial charge in [0, 0.05) is 18.0 Å². The Hall–Kier alpha value is -0.0151. The van der Waals surface area contributed by atoms with Crippen molar-refractivity contribution in [3.8, 4) is 0 Å². The number of rotatable bonds is 1. The van der Waals surface area contributed by atoms with Gasteiger partial charge < -0.3 is 9.47 Å². The van der Waals surface area contributed by atoms with Gasteiger partial charge in [-0.3, -0.25) is 0 Å². The summed E-state index contributed by atoms with van der Waals surface area (Å²) in [6.07, 6.45) is 0.141. The first kappa shape index (κ1) is 11.1. The molecule has 1 aliphatic rings. The Morgan fingerprint density at radius 1 is 1.23 bits per heavy atom. The Bertz CT molecular complexity index is 210. The molecule has 0 radical (unpaired) electrons. The average molecular weight is 184 g/mol. The van der Waals surface area contributed by atoms with Crippen LogP contribution in [0.5, 0.6) is 0 Å². The number of hydrogen-bond donors (Lipinski definition) is 0. The van der Waals surface area contributed by atoms with Gasteiger partial charge >= 0.3 is 0 Å². The minimum absolute atomic E-state index is 0.0220. The molecule has 3 heteroatoms. The molecule has 0 aromatic carbocycles. The van der Waals surface area contributed by atoms with Gasteiger partial charge in [0.15, 0.2) is 0 Å². The van der Waals surface area contributed by atoms with Gasteiger partial charge in [-0.15, -0.1) is 0 Å². The van der Waals surface area contributed by atoms with Crippen LogP contribution in [-0.2, 0) is 9.47 Å². The highest BCUT2D eigenvalue weighted by atomic mass is 16.6. The van der Waals surface area contributed by atoms with Crippen molar-refractivity contribution in [1.29, 1.82) is 0 Å². The predicted octanol–water partition coefficient (Wildman–Crippen LogP) is 1.19. The smallest absolute Gasteiger partial charge is 0.143 e. The normalized spacial score (nSPS) is 49.5. The van der Waals surface area contributed by atoms with Crippen LogP contribution in [0.3, 0.4) is 0 Å². The second-order valence-electron chi connectivity index (χ2n) is 5.21. The Balaban J connectivity index is 3.13. The maximum absolute atomic E-state index is 5.95. The third-order valence-electron chi connectivity index (χ3n) is 4.42. The van der Waals surface area contributed by atoms with Gasteiger partial charge in [-0.1, -0.05) is 13.8 Å². The van der Waals surface area contributed by atoms with Gasteiger partial charge in [0.05, 0.1) is 11.7 Å². The molecule has 0 bridgehead atoms. The zero-order valence-corrected chi connectivity index (χ0v) is 9.89. The molecule has 1 heterocycles. The van der Waals surface area contributed by atoms with Gasteiger partial charge in [-0.2, -0.15) is 0 Å². The Morgan fingerprint density at radius 2 is 1.69 bits per heavy atom. The van der Waals surface area contributed by atoms with Gasteiger partial charge in [-0.05, 0) is 20.8 Å². The largest absolute Gasteiger partial charge is 0.378 e. The number of methoxy groups -OCH3 is 1. The highest BCUT2D eigenvalue weighted by Gasteiger charge is 2.61. The minimum Gasteiger partial charge on any atom is -0.378 e. The summed E-state index contributed by atoms with van der Waals surface area (Å²) >= 11 is 0. The van der Waals surface area contributed by atoms with E-state index in [0.29, 0.717) is 0 Å². The van der Waals surface area contributed by atoms with Crippen LogP contribution < -0.4 is 0 Å². The van der Waals surface area contributed by atoms with Crippen LogP contribution in [0.25, 0.3) is 0 Å². The summed E-state index contributed by atoms with van der Waals surface area (Å²) in [7, 11) is 3.90. The molecule has 0 spiro atoms. The molecule has 0 aromatic rings. The van der Waals surface area contributed by atoms with E-state index in [9.17, 15) is 0 Å². The van der Waals surface area contributed by atoms with Crippen LogP contribution in [0, 0.1) is 5.41 Å². The fraction of sp³-hybridized carbons (Fsp3) is 1.00. The van der Waals surface area contributed by atoms with Crippen molar-refractivity contribution in [2.45, 2.75) is 51.8 Å². The van der Waals surface area contributed by atoms with Crippen molar-refractivity contribution < 1.29 is 9.47 Å². The second kappa shape index (κ2) is 2.74. The zero-order valence-electron chi connectivity index (χ0n) is 9.89. The predicted molar refractivity (Wildman–Crippen MR) is 56.7 cm³/mol. The summed E-state index contributed by atoms with van der Waals surface area (Å²) in [6.45, 7) is 10.8. The van der Waals surface area contributed by atoms with E-state index in [1.54, 1.807) is 7.11 Å². The zero-order chi connectivity index (χ0) is 10.5. The first-order valence-corrected chi connectivity index (χ1v) is 4.92. The highest BCUT2D eigenvalue weighted by molar-refractivity contribution is 6.15. The highest BCUT2D eigenvalue weighted by Crippen LogP contribution is 2.52. The Labute approximate surface area is 82.4 Å². The van der Waals surface area contributed by atoms with Crippen molar-refractivity contribution in [2.24, 2.45) is 5.41 Å². The topological polar surface area (TPSA) is 18.5 Å². The molecular formula is C10H21BO2. The molecule has 1 rings (SSSR count). The van der Waals surface area contributed by atoms with Crippen LogP contribution in [0.2, 0.25) is 0 Å². The van der Waals surface area contributed by atoms with Gasteiger partial charge in [0.2, 0.25) is 0 Å². The molecule has 3 atom stereocenters. The summed E-state index contributed by atoms with van der Waals surface area (Å²) in [4.78, 5) is 0. The van der Waals surface area contributed by atoms with Crippen molar-refractivity contribution in [3.63, 3.8) is 0 Å². The van der Waals surface area contributed by atoms with E-state index in [1.165, 1.54) is 0 Å². The summed E-state index contributed by atoms with van der Waals surface area (Å²) in [5.41, 5.74) is -0.304. The van der Waals surface area contributed by atoms with Crippen molar-refractivity contribution >= 4 is 7.85 Å². The van der Waals surface area contributed by atoms with E-state index in [-0.39, 0.29) is 22.6 Å². The molecule has 1 saturated heterocycles. The first-order valence-electron chi connectivity index (χ1n) is 4.92. The molecular weight excluding hydrogens is 163 g/mol. The lowest BCUT2D eigenvalue weighted by atomic mass is 9.58. The molecule has 1 fully saturated rings. The molecule has 0 amide bonds. The SMILES string of the molecule is BC1(C)OC(C)C(C)(OC)C1(C)C. The molecule has 3 unspecified atom stereocenters. The lowest BCUT2D eigenvalue weighted by Gasteiger charge is -2.43.